The van der Waals surface area contributed by atoms with Crippen molar-refractivity contribution < 1.29 is 19.1 Å². The van der Waals surface area contributed by atoms with Gasteiger partial charge in [0.15, 0.2) is 5.69 Å². The van der Waals surface area contributed by atoms with Gasteiger partial charge in [-0.3, -0.25) is 4.79 Å². The van der Waals surface area contributed by atoms with Crippen molar-refractivity contribution in [2.75, 3.05) is 25.4 Å². The third-order valence-corrected chi connectivity index (χ3v) is 5.31. The number of nitrogen functional groups attached to an aromatic ring is 1. The Morgan fingerprint density at radius 1 is 1.35 bits per heavy atom. The molecule has 0 aromatic carbocycles. The lowest BCUT2D eigenvalue weighted by molar-refractivity contribution is -0.145. The molecule has 0 bridgehead atoms. The van der Waals surface area contributed by atoms with Gasteiger partial charge in [0.2, 0.25) is 0 Å². The van der Waals surface area contributed by atoms with E-state index in [0.717, 1.165) is 19.3 Å². The number of aromatic nitrogens is 2. The summed E-state index contributed by atoms with van der Waals surface area (Å²) in [6.07, 6.45) is 3.87. The first-order valence-corrected chi connectivity index (χ1v) is 9.36. The van der Waals surface area contributed by atoms with Crippen LogP contribution in [0, 0.1) is 5.92 Å². The van der Waals surface area contributed by atoms with Crippen molar-refractivity contribution in [3.8, 4) is 0 Å². The SMILES string of the molecule is CCOC(=O)c1ncn(C2CCN(C(=O)[C@@H]3O[C@@H](C)C[C@H]3C)CC2)c1N. The van der Waals surface area contributed by atoms with Crippen LogP contribution in [0.4, 0.5) is 5.82 Å². The molecule has 3 heterocycles. The van der Waals surface area contributed by atoms with Crippen molar-refractivity contribution in [2.45, 2.75) is 58.3 Å². The maximum Gasteiger partial charge on any atom is 0.360 e. The number of nitrogens with zero attached hydrogens (tertiary/aromatic N) is 3. The average molecular weight is 364 g/mol. The van der Waals surface area contributed by atoms with Crippen molar-refractivity contribution in [2.24, 2.45) is 5.92 Å². The molecule has 8 nitrogen and oxygen atoms in total. The summed E-state index contributed by atoms with van der Waals surface area (Å²) in [4.78, 5) is 30.6. The minimum Gasteiger partial charge on any atom is -0.461 e. The summed E-state index contributed by atoms with van der Waals surface area (Å²) >= 11 is 0. The molecule has 1 aromatic heterocycles. The quantitative estimate of drug-likeness (QED) is 0.815. The number of imidazole rings is 1. The number of anilines is 1. The Kier molecular flexibility index (Phi) is 5.50. The summed E-state index contributed by atoms with van der Waals surface area (Å²) in [5.41, 5.74) is 6.25. The van der Waals surface area contributed by atoms with Crippen LogP contribution >= 0.6 is 0 Å². The summed E-state index contributed by atoms with van der Waals surface area (Å²) in [7, 11) is 0. The number of carbonyl (C=O) groups excluding carboxylic acids is 2. The zero-order valence-electron chi connectivity index (χ0n) is 15.7. The number of amides is 1. The Bertz CT molecular complexity index is 666. The number of rotatable bonds is 4. The highest BCUT2D eigenvalue weighted by Gasteiger charge is 2.38. The second-order valence-corrected chi connectivity index (χ2v) is 7.24. The van der Waals surface area contributed by atoms with E-state index < -0.39 is 5.97 Å². The molecule has 1 amide bonds. The molecule has 0 unspecified atom stereocenters. The summed E-state index contributed by atoms with van der Waals surface area (Å²) in [5.74, 6) is 0.172. The van der Waals surface area contributed by atoms with Crippen LogP contribution in [0.25, 0.3) is 0 Å². The molecule has 8 heteroatoms. The van der Waals surface area contributed by atoms with Crippen LogP contribution in [0.5, 0.6) is 0 Å². The van der Waals surface area contributed by atoms with E-state index in [2.05, 4.69) is 11.9 Å². The molecule has 1 aromatic rings. The number of esters is 1. The van der Waals surface area contributed by atoms with Gasteiger partial charge < -0.3 is 24.7 Å². The van der Waals surface area contributed by atoms with E-state index in [4.69, 9.17) is 15.2 Å². The van der Waals surface area contributed by atoms with Crippen molar-refractivity contribution in [1.29, 1.82) is 0 Å². The molecule has 3 rings (SSSR count). The summed E-state index contributed by atoms with van der Waals surface area (Å²) in [6.45, 7) is 7.41. The van der Waals surface area contributed by atoms with E-state index in [1.807, 2.05) is 16.4 Å². The molecule has 2 aliphatic heterocycles. The molecule has 2 fully saturated rings. The Morgan fingerprint density at radius 2 is 2.04 bits per heavy atom. The smallest absolute Gasteiger partial charge is 0.360 e. The van der Waals surface area contributed by atoms with Crippen LogP contribution in [0.3, 0.4) is 0 Å². The fourth-order valence-corrected chi connectivity index (χ4v) is 3.95. The molecule has 3 atom stereocenters. The molecule has 144 valence electrons. The highest BCUT2D eigenvalue weighted by molar-refractivity contribution is 5.92. The van der Waals surface area contributed by atoms with Crippen molar-refractivity contribution in [3.05, 3.63) is 12.0 Å². The zero-order chi connectivity index (χ0) is 18.8. The normalized spacial score (nSPS) is 26.9. The molecule has 0 radical (unpaired) electrons. The van der Waals surface area contributed by atoms with Gasteiger partial charge >= 0.3 is 5.97 Å². The van der Waals surface area contributed by atoms with Gasteiger partial charge in [0.25, 0.3) is 5.91 Å². The number of carbonyl (C=O) groups is 2. The van der Waals surface area contributed by atoms with Gasteiger partial charge in [-0.1, -0.05) is 6.92 Å². The third kappa shape index (κ3) is 3.56. The topological polar surface area (TPSA) is 99.7 Å². The van der Waals surface area contributed by atoms with Crippen LogP contribution in [0.15, 0.2) is 6.33 Å². The Balaban J connectivity index is 1.60. The molecular weight excluding hydrogens is 336 g/mol. The fraction of sp³-hybridized carbons (Fsp3) is 0.722. The molecule has 0 spiro atoms. The van der Waals surface area contributed by atoms with Gasteiger partial charge in [0.05, 0.1) is 19.0 Å². The lowest BCUT2D eigenvalue weighted by Gasteiger charge is -2.34. The standard InChI is InChI=1S/C18H28N4O4/c1-4-25-18(24)14-16(19)22(10-20-14)13-5-7-21(8-6-13)17(23)15-11(2)9-12(3)26-15/h10-13,15H,4-9,19H2,1-3H3/t11-,12+,15-/m1/s1. The minimum absolute atomic E-state index is 0.0890. The molecule has 0 aliphatic carbocycles. The Hall–Kier alpha value is -2.09. The first-order chi connectivity index (χ1) is 12.4. The molecule has 2 saturated heterocycles. The number of likely N-dealkylation sites (tertiary alicyclic amines) is 1. The number of piperidine rings is 1. The predicted octanol–water partition coefficient (Wildman–Crippen LogP) is 1.62. The molecule has 2 N–H and O–H groups in total. The second kappa shape index (κ2) is 7.65. The molecular formula is C18H28N4O4. The van der Waals surface area contributed by atoms with Gasteiger partial charge in [0, 0.05) is 19.1 Å². The molecule has 0 saturated carbocycles. The van der Waals surface area contributed by atoms with Gasteiger partial charge in [-0.25, -0.2) is 9.78 Å². The van der Waals surface area contributed by atoms with Crippen LogP contribution in [-0.2, 0) is 14.3 Å². The van der Waals surface area contributed by atoms with E-state index in [1.165, 1.54) is 0 Å². The van der Waals surface area contributed by atoms with Crippen molar-refractivity contribution in [3.63, 3.8) is 0 Å². The first-order valence-electron chi connectivity index (χ1n) is 9.36. The van der Waals surface area contributed by atoms with E-state index in [9.17, 15) is 9.59 Å². The second-order valence-electron chi connectivity index (χ2n) is 7.24. The number of hydrogen-bond donors (Lipinski definition) is 1. The molecule has 26 heavy (non-hydrogen) atoms. The van der Waals surface area contributed by atoms with Crippen LogP contribution in [-0.4, -0.2) is 58.2 Å². The van der Waals surface area contributed by atoms with E-state index in [0.29, 0.717) is 18.9 Å². The number of ether oxygens (including phenoxy) is 2. The predicted molar refractivity (Wildman–Crippen MR) is 95.6 cm³/mol. The molecule has 2 aliphatic rings. The largest absolute Gasteiger partial charge is 0.461 e. The zero-order valence-corrected chi connectivity index (χ0v) is 15.7. The van der Waals surface area contributed by atoms with Crippen LogP contribution in [0.2, 0.25) is 0 Å². The van der Waals surface area contributed by atoms with Crippen molar-refractivity contribution >= 4 is 17.7 Å². The highest BCUT2D eigenvalue weighted by atomic mass is 16.5. The highest BCUT2D eigenvalue weighted by Crippen LogP contribution is 2.31. The maximum absolute atomic E-state index is 12.7. The Morgan fingerprint density at radius 3 is 2.62 bits per heavy atom. The van der Waals surface area contributed by atoms with E-state index in [1.54, 1.807) is 13.3 Å². The number of hydrogen-bond acceptors (Lipinski definition) is 6. The van der Waals surface area contributed by atoms with Crippen molar-refractivity contribution in [1.82, 2.24) is 14.5 Å². The lowest BCUT2D eigenvalue weighted by Crippen LogP contribution is -2.45. The monoisotopic (exact) mass is 364 g/mol. The van der Waals surface area contributed by atoms with Gasteiger partial charge in [-0.2, -0.15) is 0 Å². The third-order valence-electron chi connectivity index (χ3n) is 5.31. The van der Waals surface area contributed by atoms with E-state index >= 15 is 0 Å². The lowest BCUT2D eigenvalue weighted by atomic mass is 9.99. The number of nitrogens with two attached hydrogens (primary N) is 1. The van der Waals surface area contributed by atoms with Gasteiger partial charge in [-0.15, -0.1) is 0 Å². The average Bonchev–Trinajstić information content (AvgIpc) is 3.16. The maximum atomic E-state index is 12.7. The van der Waals surface area contributed by atoms with Crippen LogP contribution < -0.4 is 5.73 Å². The first kappa shape index (κ1) is 18.7. The minimum atomic E-state index is -0.502. The fourth-order valence-electron chi connectivity index (χ4n) is 3.95. The van der Waals surface area contributed by atoms with Gasteiger partial charge in [-0.05, 0) is 39.0 Å². The van der Waals surface area contributed by atoms with Crippen LogP contribution in [0.1, 0.15) is 56.6 Å². The van der Waals surface area contributed by atoms with Gasteiger partial charge in [0.1, 0.15) is 11.9 Å². The Labute approximate surface area is 153 Å². The summed E-state index contributed by atoms with van der Waals surface area (Å²) < 4.78 is 12.6. The summed E-state index contributed by atoms with van der Waals surface area (Å²) in [5, 5.41) is 0. The van der Waals surface area contributed by atoms with E-state index in [-0.39, 0.29) is 42.4 Å². The summed E-state index contributed by atoms with van der Waals surface area (Å²) in [6, 6.07) is 0.121.